The maximum absolute atomic E-state index is 9.82. The predicted molar refractivity (Wildman–Crippen MR) is 88.9 cm³/mol. The molecule has 0 aliphatic carbocycles. The number of aliphatic hydroxyl groups excluding tert-OH is 1. The summed E-state index contributed by atoms with van der Waals surface area (Å²) in [6.45, 7) is 11.8. The molecule has 1 aliphatic rings. The highest BCUT2D eigenvalue weighted by atomic mass is 16.3. The van der Waals surface area contributed by atoms with Crippen molar-refractivity contribution in [2.24, 2.45) is 0 Å². The van der Waals surface area contributed by atoms with Gasteiger partial charge in [0.1, 0.15) is 0 Å². The lowest BCUT2D eigenvalue weighted by Crippen LogP contribution is -2.50. The van der Waals surface area contributed by atoms with Crippen LogP contribution in [0.3, 0.4) is 0 Å². The van der Waals surface area contributed by atoms with Crippen LogP contribution in [-0.2, 0) is 0 Å². The Morgan fingerprint density at radius 1 is 1.29 bits per heavy atom. The number of benzene rings is 1. The van der Waals surface area contributed by atoms with Crippen LogP contribution < -0.4 is 10.2 Å². The molecular formula is C17H29N3O. The predicted octanol–water partition coefficient (Wildman–Crippen LogP) is 1.86. The van der Waals surface area contributed by atoms with Crippen LogP contribution in [-0.4, -0.2) is 55.4 Å². The number of anilines is 1. The van der Waals surface area contributed by atoms with Crippen molar-refractivity contribution in [3.8, 4) is 0 Å². The minimum absolute atomic E-state index is 0.111. The molecule has 21 heavy (non-hydrogen) atoms. The number of hydrogen-bond donors (Lipinski definition) is 2. The van der Waals surface area contributed by atoms with Crippen molar-refractivity contribution in [1.29, 1.82) is 0 Å². The van der Waals surface area contributed by atoms with E-state index in [2.05, 4.69) is 60.2 Å². The molecule has 4 nitrogen and oxygen atoms in total. The molecule has 2 unspecified atom stereocenters. The molecule has 0 aromatic heterocycles. The van der Waals surface area contributed by atoms with E-state index in [1.165, 1.54) is 11.3 Å². The Balaban J connectivity index is 2.11. The number of hydrogen-bond acceptors (Lipinski definition) is 4. The first-order valence-corrected chi connectivity index (χ1v) is 8.12. The second kappa shape index (κ2) is 7.78. The van der Waals surface area contributed by atoms with Gasteiger partial charge in [-0.1, -0.05) is 12.1 Å². The summed E-state index contributed by atoms with van der Waals surface area (Å²) in [5.74, 6) is 0. The molecule has 0 amide bonds. The third-order valence-corrected chi connectivity index (χ3v) is 4.42. The summed E-state index contributed by atoms with van der Waals surface area (Å²) < 4.78 is 0. The Kier molecular flexibility index (Phi) is 6.03. The number of aliphatic hydroxyl groups is 1. The fraction of sp³-hybridized carbons (Fsp3) is 0.647. The Morgan fingerprint density at radius 3 is 2.48 bits per heavy atom. The molecule has 1 aromatic carbocycles. The van der Waals surface area contributed by atoms with Gasteiger partial charge in [0.05, 0.1) is 12.6 Å². The smallest absolute Gasteiger partial charge is 0.0628 e. The van der Waals surface area contributed by atoms with Gasteiger partial charge in [0, 0.05) is 44.5 Å². The van der Waals surface area contributed by atoms with Gasteiger partial charge >= 0.3 is 0 Å². The van der Waals surface area contributed by atoms with Gasteiger partial charge < -0.3 is 15.3 Å². The van der Waals surface area contributed by atoms with E-state index in [-0.39, 0.29) is 12.6 Å². The molecule has 2 atom stereocenters. The lowest BCUT2D eigenvalue weighted by Gasteiger charge is -2.37. The van der Waals surface area contributed by atoms with Gasteiger partial charge in [-0.3, -0.25) is 4.90 Å². The second-order valence-electron chi connectivity index (χ2n) is 5.81. The molecule has 2 rings (SSSR count). The minimum atomic E-state index is 0.111. The molecule has 1 aromatic rings. The molecule has 1 fully saturated rings. The minimum Gasteiger partial charge on any atom is -0.394 e. The standard InChI is InChI=1S/C17H29N3O/c1-4-19(5-2)16-8-6-15(7-9-16)17(13-21)20-11-10-18-14(3)12-20/h6-9,14,17-18,21H,4-5,10-13H2,1-3H3. The zero-order chi connectivity index (χ0) is 15.2. The zero-order valence-corrected chi connectivity index (χ0v) is 13.5. The SMILES string of the molecule is CCN(CC)c1ccc(C(CO)N2CCNC(C)C2)cc1. The summed E-state index contributed by atoms with van der Waals surface area (Å²) >= 11 is 0. The molecule has 0 radical (unpaired) electrons. The first-order chi connectivity index (χ1) is 10.2. The van der Waals surface area contributed by atoms with Crippen LogP contribution in [0, 0.1) is 0 Å². The number of nitrogens with one attached hydrogen (secondary N) is 1. The van der Waals surface area contributed by atoms with Crippen LogP contribution in [0.1, 0.15) is 32.4 Å². The number of rotatable bonds is 6. The van der Waals surface area contributed by atoms with Crippen molar-refractivity contribution in [2.75, 3.05) is 44.2 Å². The first-order valence-electron chi connectivity index (χ1n) is 8.12. The highest BCUT2D eigenvalue weighted by Gasteiger charge is 2.24. The van der Waals surface area contributed by atoms with E-state index in [4.69, 9.17) is 0 Å². The third kappa shape index (κ3) is 3.96. The van der Waals surface area contributed by atoms with Gasteiger partial charge in [-0.05, 0) is 38.5 Å². The molecule has 1 saturated heterocycles. The average molecular weight is 291 g/mol. The molecule has 0 spiro atoms. The Hall–Kier alpha value is -1.10. The van der Waals surface area contributed by atoms with E-state index >= 15 is 0 Å². The van der Waals surface area contributed by atoms with Gasteiger partial charge in [-0.25, -0.2) is 0 Å². The van der Waals surface area contributed by atoms with E-state index in [1.807, 2.05) is 0 Å². The zero-order valence-electron chi connectivity index (χ0n) is 13.5. The Bertz CT molecular complexity index is 417. The molecule has 2 N–H and O–H groups in total. The fourth-order valence-corrected chi connectivity index (χ4v) is 3.17. The molecule has 1 aliphatic heterocycles. The van der Waals surface area contributed by atoms with E-state index < -0.39 is 0 Å². The van der Waals surface area contributed by atoms with Crippen LogP contribution in [0.5, 0.6) is 0 Å². The molecule has 0 saturated carbocycles. The van der Waals surface area contributed by atoms with E-state index in [9.17, 15) is 5.11 Å². The van der Waals surface area contributed by atoms with Crippen molar-refractivity contribution in [1.82, 2.24) is 10.2 Å². The highest BCUT2D eigenvalue weighted by Crippen LogP contribution is 2.24. The number of piperazine rings is 1. The van der Waals surface area contributed by atoms with E-state index in [0.717, 1.165) is 32.7 Å². The van der Waals surface area contributed by atoms with Gasteiger partial charge in [0.25, 0.3) is 0 Å². The topological polar surface area (TPSA) is 38.7 Å². The maximum Gasteiger partial charge on any atom is 0.0628 e. The first kappa shape index (κ1) is 16.3. The fourth-order valence-electron chi connectivity index (χ4n) is 3.17. The molecule has 118 valence electrons. The molecule has 0 bridgehead atoms. The van der Waals surface area contributed by atoms with Crippen LogP contribution in [0.25, 0.3) is 0 Å². The van der Waals surface area contributed by atoms with E-state index in [1.54, 1.807) is 0 Å². The van der Waals surface area contributed by atoms with Crippen molar-refractivity contribution >= 4 is 5.69 Å². The van der Waals surface area contributed by atoms with Gasteiger partial charge in [0.2, 0.25) is 0 Å². The molecular weight excluding hydrogens is 262 g/mol. The van der Waals surface area contributed by atoms with E-state index in [0.29, 0.717) is 6.04 Å². The van der Waals surface area contributed by atoms with Crippen LogP contribution >= 0.6 is 0 Å². The van der Waals surface area contributed by atoms with Gasteiger partial charge in [-0.15, -0.1) is 0 Å². The van der Waals surface area contributed by atoms with Crippen molar-refractivity contribution < 1.29 is 5.11 Å². The van der Waals surface area contributed by atoms with Crippen LogP contribution in [0.2, 0.25) is 0 Å². The number of nitrogens with zero attached hydrogens (tertiary/aromatic N) is 2. The Morgan fingerprint density at radius 2 is 1.95 bits per heavy atom. The summed E-state index contributed by atoms with van der Waals surface area (Å²) in [6, 6.07) is 9.29. The summed E-state index contributed by atoms with van der Waals surface area (Å²) in [5, 5.41) is 13.3. The molecule has 1 heterocycles. The maximum atomic E-state index is 9.82. The second-order valence-corrected chi connectivity index (χ2v) is 5.81. The van der Waals surface area contributed by atoms with Gasteiger partial charge in [0.15, 0.2) is 0 Å². The van der Waals surface area contributed by atoms with Crippen LogP contribution in [0.4, 0.5) is 5.69 Å². The van der Waals surface area contributed by atoms with Crippen molar-refractivity contribution in [2.45, 2.75) is 32.9 Å². The van der Waals surface area contributed by atoms with Crippen LogP contribution in [0.15, 0.2) is 24.3 Å². The van der Waals surface area contributed by atoms with Gasteiger partial charge in [-0.2, -0.15) is 0 Å². The van der Waals surface area contributed by atoms with Crippen molar-refractivity contribution in [3.63, 3.8) is 0 Å². The summed E-state index contributed by atoms with van der Waals surface area (Å²) in [5.41, 5.74) is 2.47. The average Bonchev–Trinajstić information content (AvgIpc) is 2.51. The summed E-state index contributed by atoms with van der Waals surface area (Å²) in [7, 11) is 0. The largest absolute Gasteiger partial charge is 0.394 e. The summed E-state index contributed by atoms with van der Waals surface area (Å²) in [6.07, 6.45) is 0. The Labute approximate surface area is 128 Å². The quantitative estimate of drug-likeness (QED) is 0.839. The third-order valence-electron chi connectivity index (χ3n) is 4.42. The normalized spacial score (nSPS) is 21.2. The highest BCUT2D eigenvalue weighted by molar-refractivity contribution is 5.47. The lowest BCUT2D eigenvalue weighted by molar-refractivity contribution is 0.0963. The van der Waals surface area contributed by atoms with Crippen molar-refractivity contribution in [3.05, 3.63) is 29.8 Å². The monoisotopic (exact) mass is 291 g/mol. The molecule has 4 heteroatoms. The summed E-state index contributed by atoms with van der Waals surface area (Å²) in [4.78, 5) is 4.72. The lowest BCUT2D eigenvalue weighted by atomic mass is 10.0.